The van der Waals surface area contributed by atoms with Crippen LogP contribution in [0.4, 0.5) is 0 Å². The molecule has 1 fully saturated rings. The van der Waals surface area contributed by atoms with Crippen LogP contribution in [0.1, 0.15) is 6.92 Å². The molecule has 1 saturated heterocycles. The van der Waals surface area contributed by atoms with Crippen LogP contribution in [-0.4, -0.2) is 56.3 Å². The first kappa shape index (κ1) is 11.2. The van der Waals surface area contributed by atoms with Crippen LogP contribution >= 0.6 is 11.6 Å². The molecule has 0 N–H and O–H groups in total. The lowest BCUT2D eigenvalue weighted by Gasteiger charge is -2.33. The van der Waals surface area contributed by atoms with E-state index in [-0.39, 0.29) is 12.2 Å². The number of morpholine rings is 1. The average Bonchev–Trinajstić information content (AvgIpc) is 2.18. The van der Waals surface area contributed by atoms with E-state index in [0.717, 1.165) is 26.2 Å². The van der Waals surface area contributed by atoms with E-state index >= 15 is 0 Å². The van der Waals surface area contributed by atoms with Crippen molar-refractivity contribution in [3.05, 3.63) is 0 Å². The number of halogens is 1. The van der Waals surface area contributed by atoms with Crippen molar-refractivity contribution in [1.82, 2.24) is 4.90 Å². The fraction of sp³-hybridized carbons (Fsp3) is 1.00. The molecule has 78 valence electrons. The van der Waals surface area contributed by atoms with Gasteiger partial charge in [0.25, 0.3) is 0 Å². The fourth-order valence-electron chi connectivity index (χ4n) is 1.48. The van der Waals surface area contributed by atoms with Crippen molar-refractivity contribution in [3.8, 4) is 0 Å². The zero-order valence-corrected chi connectivity index (χ0v) is 9.09. The van der Waals surface area contributed by atoms with Gasteiger partial charge in [0.15, 0.2) is 0 Å². The highest BCUT2D eigenvalue weighted by molar-refractivity contribution is 6.18. The van der Waals surface area contributed by atoms with E-state index in [1.54, 1.807) is 7.11 Å². The number of ether oxygens (including phenoxy) is 2. The molecule has 1 aliphatic rings. The lowest BCUT2D eigenvalue weighted by molar-refractivity contribution is -0.0329. The topological polar surface area (TPSA) is 21.7 Å². The Morgan fingerprint density at radius 2 is 2.46 bits per heavy atom. The molecule has 3 nitrogen and oxygen atoms in total. The molecule has 4 heteroatoms. The monoisotopic (exact) mass is 207 g/mol. The first-order valence-corrected chi connectivity index (χ1v) is 5.22. The summed E-state index contributed by atoms with van der Waals surface area (Å²) in [6.45, 7) is 5.74. The van der Waals surface area contributed by atoms with Gasteiger partial charge < -0.3 is 9.47 Å². The third kappa shape index (κ3) is 3.81. The lowest BCUT2D eigenvalue weighted by atomic mass is 10.2. The second kappa shape index (κ2) is 5.81. The average molecular weight is 208 g/mol. The number of hydrogen-bond acceptors (Lipinski definition) is 3. The number of rotatable bonds is 4. The smallest absolute Gasteiger partial charge is 0.0837 e. The van der Waals surface area contributed by atoms with Crippen LogP contribution in [-0.2, 0) is 9.47 Å². The minimum absolute atomic E-state index is 0.194. The van der Waals surface area contributed by atoms with Crippen molar-refractivity contribution in [2.75, 3.05) is 39.2 Å². The molecule has 2 atom stereocenters. The van der Waals surface area contributed by atoms with E-state index < -0.39 is 0 Å². The van der Waals surface area contributed by atoms with Gasteiger partial charge in [0.1, 0.15) is 0 Å². The summed E-state index contributed by atoms with van der Waals surface area (Å²) < 4.78 is 10.7. The van der Waals surface area contributed by atoms with Gasteiger partial charge in [-0.25, -0.2) is 0 Å². The second-order valence-corrected chi connectivity index (χ2v) is 3.76. The SMILES string of the molecule is COC(C)CN1CCOC(CCl)C1. The third-order valence-corrected chi connectivity index (χ3v) is 2.66. The van der Waals surface area contributed by atoms with Crippen LogP contribution in [0.2, 0.25) is 0 Å². The first-order chi connectivity index (χ1) is 6.26. The summed E-state index contributed by atoms with van der Waals surface area (Å²) in [7, 11) is 1.74. The number of methoxy groups -OCH3 is 1. The van der Waals surface area contributed by atoms with Crippen molar-refractivity contribution in [2.24, 2.45) is 0 Å². The molecule has 1 aliphatic heterocycles. The molecule has 13 heavy (non-hydrogen) atoms. The van der Waals surface area contributed by atoms with Gasteiger partial charge in [-0.2, -0.15) is 0 Å². The minimum atomic E-state index is 0.194. The van der Waals surface area contributed by atoms with Crippen molar-refractivity contribution in [3.63, 3.8) is 0 Å². The van der Waals surface area contributed by atoms with Crippen LogP contribution in [0, 0.1) is 0 Å². The van der Waals surface area contributed by atoms with Gasteiger partial charge in [-0.05, 0) is 6.92 Å². The highest BCUT2D eigenvalue weighted by Gasteiger charge is 2.20. The normalized spacial score (nSPS) is 27.5. The van der Waals surface area contributed by atoms with Crippen LogP contribution < -0.4 is 0 Å². The van der Waals surface area contributed by atoms with Crippen molar-refractivity contribution in [2.45, 2.75) is 19.1 Å². The Kier molecular flexibility index (Phi) is 5.02. The zero-order valence-electron chi connectivity index (χ0n) is 8.33. The van der Waals surface area contributed by atoms with E-state index in [2.05, 4.69) is 11.8 Å². The van der Waals surface area contributed by atoms with Crippen LogP contribution in [0.3, 0.4) is 0 Å². The van der Waals surface area contributed by atoms with Gasteiger partial charge in [-0.15, -0.1) is 11.6 Å². The number of hydrogen-bond donors (Lipinski definition) is 0. The van der Waals surface area contributed by atoms with Gasteiger partial charge >= 0.3 is 0 Å². The zero-order chi connectivity index (χ0) is 9.68. The summed E-state index contributed by atoms with van der Waals surface area (Å²) in [4.78, 5) is 2.34. The summed E-state index contributed by atoms with van der Waals surface area (Å²) in [5.41, 5.74) is 0. The molecule has 0 aromatic heterocycles. The summed E-state index contributed by atoms with van der Waals surface area (Å²) in [6.07, 6.45) is 0.480. The van der Waals surface area contributed by atoms with E-state index in [4.69, 9.17) is 21.1 Å². The largest absolute Gasteiger partial charge is 0.380 e. The highest BCUT2D eigenvalue weighted by atomic mass is 35.5. The second-order valence-electron chi connectivity index (χ2n) is 3.45. The molecule has 1 heterocycles. The van der Waals surface area contributed by atoms with Crippen molar-refractivity contribution < 1.29 is 9.47 Å². The Morgan fingerprint density at radius 3 is 3.08 bits per heavy atom. The predicted octanol–water partition coefficient (Wildman–Crippen LogP) is 0.961. The summed E-state index contributed by atoms with van der Waals surface area (Å²) in [5, 5.41) is 0. The third-order valence-electron chi connectivity index (χ3n) is 2.31. The summed E-state index contributed by atoms with van der Waals surface area (Å²) in [6, 6.07) is 0. The standard InChI is InChI=1S/C9H18ClNO2/c1-8(12-2)6-11-3-4-13-9(5-10)7-11/h8-9H,3-7H2,1-2H3. The van der Waals surface area contributed by atoms with Gasteiger partial charge in [0, 0.05) is 32.6 Å². The van der Waals surface area contributed by atoms with E-state index in [9.17, 15) is 0 Å². The van der Waals surface area contributed by atoms with Crippen LogP contribution in [0.15, 0.2) is 0 Å². The molecule has 0 aromatic rings. The van der Waals surface area contributed by atoms with Gasteiger partial charge in [0.2, 0.25) is 0 Å². The Labute approximate surface area is 84.9 Å². The van der Waals surface area contributed by atoms with Crippen molar-refractivity contribution in [1.29, 1.82) is 0 Å². The maximum atomic E-state index is 5.73. The Bertz CT molecular complexity index is 144. The number of alkyl halides is 1. The minimum Gasteiger partial charge on any atom is -0.380 e. The van der Waals surface area contributed by atoms with Gasteiger partial charge in [0.05, 0.1) is 18.8 Å². The van der Waals surface area contributed by atoms with Gasteiger partial charge in [-0.3, -0.25) is 4.90 Å². The molecule has 0 spiro atoms. The fourth-order valence-corrected chi connectivity index (χ4v) is 1.66. The first-order valence-electron chi connectivity index (χ1n) is 4.69. The molecule has 2 unspecified atom stereocenters. The lowest BCUT2D eigenvalue weighted by Crippen LogP contribution is -2.46. The highest BCUT2D eigenvalue weighted by Crippen LogP contribution is 2.07. The molecule has 0 saturated carbocycles. The Hall–Kier alpha value is 0.170. The molecular weight excluding hydrogens is 190 g/mol. The predicted molar refractivity (Wildman–Crippen MR) is 53.4 cm³/mol. The number of nitrogens with zero attached hydrogens (tertiary/aromatic N) is 1. The molecule has 1 rings (SSSR count). The van der Waals surface area contributed by atoms with E-state index in [1.165, 1.54) is 0 Å². The Morgan fingerprint density at radius 1 is 1.69 bits per heavy atom. The maximum absolute atomic E-state index is 5.73. The molecule has 0 aromatic carbocycles. The van der Waals surface area contributed by atoms with E-state index in [1.807, 2.05) is 0 Å². The van der Waals surface area contributed by atoms with Crippen molar-refractivity contribution >= 4 is 11.6 Å². The summed E-state index contributed by atoms with van der Waals surface area (Å²) >= 11 is 5.73. The Balaban J connectivity index is 2.25. The molecular formula is C9H18ClNO2. The molecule has 0 bridgehead atoms. The van der Waals surface area contributed by atoms with E-state index in [0.29, 0.717) is 5.88 Å². The van der Waals surface area contributed by atoms with Crippen LogP contribution in [0.5, 0.6) is 0 Å². The van der Waals surface area contributed by atoms with Gasteiger partial charge in [-0.1, -0.05) is 0 Å². The van der Waals surface area contributed by atoms with Crippen LogP contribution in [0.25, 0.3) is 0 Å². The molecule has 0 radical (unpaired) electrons. The maximum Gasteiger partial charge on any atom is 0.0837 e. The molecule has 0 amide bonds. The molecule has 0 aliphatic carbocycles. The summed E-state index contributed by atoms with van der Waals surface area (Å²) in [5.74, 6) is 0.581. The quantitative estimate of drug-likeness (QED) is 0.642.